The van der Waals surface area contributed by atoms with Crippen LogP contribution >= 0.6 is 11.8 Å². The first kappa shape index (κ1) is 16.0. The number of hydrogen-bond acceptors (Lipinski definition) is 4. The Morgan fingerprint density at radius 1 is 1.08 bits per heavy atom. The van der Waals surface area contributed by atoms with Crippen LogP contribution in [0.3, 0.4) is 0 Å². The third kappa shape index (κ3) is 3.90. The number of rotatable bonds is 4. The lowest BCUT2D eigenvalue weighted by atomic mass is 10.2. The second-order valence-corrected chi connectivity index (χ2v) is 5.82. The van der Waals surface area contributed by atoms with E-state index in [1.165, 1.54) is 36.0 Å². The number of para-hydroxylation sites is 2. The number of fused-ring (bicyclic) bond motifs is 1. The van der Waals surface area contributed by atoms with Gasteiger partial charge in [0.25, 0.3) is 5.91 Å². The Hall–Kier alpha value is -2.87. The van der Waals surface area contributed by atoms with E-state index in [2.05, 4.69) is 20.8 Å². The van der Waals surface area contributed by atoms with Gasteiger partial charge in [-0.3, -0.25) is 20.4 Å². The molecule has 2 aromatic carbocycles. The highest BCUT2D eigenvalue weighted by atomic mass is 32.2. The molecular weight excluding hydrogens is 331 g/mol. The van der Waals surface area contributed by atoms with Gasteiger partial charge in [0.2, 0.25) is 5.91 Å². The molecule has 6 nitrogen and oxygen atoms in total. The van der Waals surface area contributed by atoms with Gasteiger partial charge >= 0.3 is 0 Å². The van der Waals surface area contributed by atoms with Gasteiger partial charge in [-0.1, -0.05) is 23.9 Å². The van der Waals surface area contributed by atoms with Crippen LogP contribution in [0.1, 0.15) is 10.4 Å². The van der Waals surface area contributed by atoms with Crippen molar-refractivity contribution in [3.8, 4) is 0 Å². The van der Waals surface area contributed by atoms with Crippen molar-refractivity contribution in [2.75, 3.05) is 5.75 Å². The van der Waals surface area contributed by atoms with E-state index in [1.54, 1.807) is 0 Å². The van der Waals surface area contributed by atoms with Crippen molar-refractivity contribution < 1.29 is 14.0 Å². The number of aromatic amines is 1. The van der Waals surface area contributed by atoms with Gasteiger partial charge < -0.3 is 4.98 Å². The summed E-state index contributed by atoms with van der Waals surface area (Å²) in [5, 5.41) is 0.621. The van der Waals surface area contributed by atoms with Crippen LogP contribution in [0, 0.1) is 5.82 Å². The molecule has 1 aromatic heterocycles. The third-order valence-electron chi connectivity index (χ3n) is 3.13. The van der Waals surface area contributed by atoms with Gasteiger partial charge in [0, 0.05) is 5.56 Å². The fourth-order valence-electron chi connectivity index (χ4n) is 1.97. The molecule has 24 heavy (non-hydrogen) atoms. The Balaban J connectivity index is 1.48. The number of halogens is 1. The van der Waals surface area contributed by atoms with E-state index in [-0.39, 0.29) is 17.2 Å². The van der Waals surface area contributed by atoms with E-state index in [4.69, 9.17) is 0 Å². The minimum Gasteiger partial charge on any atom is -0.333 e. The van der Waals surface area contributed by atoms with Crippen molar-refractivity contribution in [1.82, 2.24) is 20.8 Å². The Morgan fingerprint density at radius 2 is 1.83 bits per heavy atom. The molecule has 2 amide bonds. The number of imidazole rings is 1. The molecule has 0 saturated heterocycles. The smallest absolute Gasteiger partial charge is 0.269 e. The van der Waals surface area contributed by atoms with E-state index < -0.39 is 11.7 Å². The summed E-state index contributed by atoms with van der Waals surface area (Å²) in [7, 11) is 0. The number of amides is 2. The molecule has 8 heteroatoms. The lowest BCUT2D eigenvalue weighted by Crippen LogP contribution is -2.42. The van der Waals surface area contributed by atoms with Crippen molar-refractivity contribution >= 4 is 34.6 Å². The molecule has 3 aromatic rings. The Kier molecular flexibility index (Phi) is 4.76. The van der Waals surface area contributed by atoms with Gasteiger partial charge in [0.15, 0.2) is 5.16 Å². The van der Waals surface area contributed by atoms with E-state index in [1.807, 2.05) is 24.3 Å². The van der Waals surface area contributed by atoms with Crippen LogP contribution in [0.25, 0.3) is 11.0 Å². The molecule has 1 heterocycles. The SMILES string of the molecule is O=C(CSc1nc2ccccc2[nH]1)NNC(=O)c1ccc(F)cc1. The number of nitrogens with zero attached hydrogens (tertiary/aromatic N) is 1. The largest absolute Gasteiger partial charge is 0.333 e. The summed E-state index contributed by atoms with van der Waals surface area (Å²) >= 11 is 1.22. The summed E-state index contributed by atoms with van der Waals surface area (Å²) in [4.78, 5) is 31.0. The lowest BCUT2D eigenvalue weighted by Gasteiger charge is -2.06. The van der Waals surface area contributed by atoms with Crippen molar-refractivity contribution in [3.63, 3.8) is 0 Å². The van der Waals surface area contributed by atoms with E-state index >= 15 is 0 Å². The Labute approximate surface area is 140 Å². The van der Waals surface area contributed by atoms with Gasteiger partial charge in [0.05, 0.1) is 16.8 Å². The summed E-state index contributed by atoms with van der Waals surface area (Å²) in [6.07, 6.45) is 0. The van der Waals surface area contributed by atoms with Crippen LogP contribution in [0.4, 0.5) is 4.39 Å². The first-order valence-corrected chi connectivity index (χ1v) is 8.03. The van der Waals surface area contributed by atoms with Gasteiger partial charge in [-0.15, -0.1) is 0 Å². The molecular formula is C16H13FN4O2S. The summed E-state index contributed by atoms with van der Waals surface area (Å²) in [6, 6.07) is 12.6. The molecule has 0 unspecified atom stereocenters. The molecule has 0 fully saturated rings. The topological polar surface area (TPSA) is 86.9 Å². The van der Waals surface area contributed by atoms with Crippen LogP contribution in [0.2, 0.25) is 0 Å². The van der Waals surface area contributed by atoms with Crippen LogP contribution in [-0.2, 0) is 4.79 Å². The molecule has 0 aliphatic carbocycles. The lowest BCUT2D eigenvalue weighted by molar-refractivity contribution is -0.119. The molecule has 3 rings (SSSR count). The highest BCUT2D eigenvalue weighted by Crippen LogP contribution is 2.18. The minimum absolute atomic E-state index is 0.0868. The highest BCUT2D eigenvalue weighted by molar-refractivity contribution is 7.99. The number of carbonyl (C=O) groups excluding carboxylic acids is 2. The number of thioether (sulfide) groups is 1. The highest BCUT2D eigenvalue weighted by Gasteiger charge is 2.09. The zero-order valence-corrected chi connectivity index (χ0v) is 13.2. The molecule has 0 aliphatic heterocycles. The second-order valence-electron chi connectivity index (χ2n) is 4.86. The van der Waals surface area contributed by atoms with Crippen molar-refractivity contribution in [3.05, 3.63) is 59.9 Å². The van der Waals surface area contributed by atoms with Crippen LogP contribution in [0.5, 0.6) is 0 Å². The number of H-pyrrole nitrogens is 1. The first-order chi connectivity index (χ1) is 11.6. The van der Waals surface area contributed by atoms with Gasteiger partial charge in [0.1, 0.15) is 5.82 Å². The zero-order valence-electron chi connectivity index (χ0n) is 12.4. The van der Waals surface area contributed by atoms with Gasteiger partial charge in [-0.2, -0.15) is 0 Å². The average molecular weight is 344 g/mol. The average Bonchev–Trinajstić information content (AvgIpc) is 3.01. The quantitative estimate of drug-likeness (QED) is 0.500. The summed E-state index contributed by atoms with van der Waals surface area (Å²) in [5.74, 6) is -1.24. The predicted octanol–water partition coefficient (Wildman–Crippen LogP) is 2.26. The summed E-state index contributed by atoms with van der Waals surface area (Å²) < 4.78 is 12.8. The zero-order chi connectivity index (χ0) is 16.9. The van der Waals surface area contributed by atoms with Gasteiger partial charge in [-0.25, -0.2) is 9.37 Å². The molecule has 0 atom stereocenters. The van der Waals surface area contributed by atoms with E-state index in [0.29, 0.717) is 5.16 Å². The van der Waals surface area contributed by atoms with Crippen molar-refractivity contribution in [2.45, 2.75) is 5.16 Å². The number of nitrogens with one attached hydrogen (secondary N) is 3. The predicted molar refractivity (Wildman–Crippen MR) is 88.8 cm³/mol. The number of carbonyl (C=O) groups is 2. The molecule has 3 N–H and O–H groups in total. The maximum absolute atomic E-state index is 12.8. The number of aromatic nitrogens is 2. The summed E-state index contributed by atoms with van der Waals surface area (Å²) in [5.41, 5.74) is 6.55. The van der Waals surface area contributed by atoms with Crippen LogP contribution in [0.15, 0.2) is 53.7 Å². The van der Waals surface area contributed by atoms with Crippen LogP contribution in [-0.4, -0.2) is 27.5 Å². The van der Waals surface area contributed by atoms with Gasteiger partial charge in [-0.05, 0) is 36.4 Å². The second kappa shape index (κ2) is 7.14. The molecule has 122 valence electrons. The monoisotopic (exact) mass is 344 g/mol. The van der Waals surface area contributed by atoms with E-state index in [0.717, 1.165) is 11.0 Å². The molecule has 0 aliphatic rings. The molecule has 0 saturated carbocycles. The summed E-state index contributed by atoms with van der Waals surface area (Å²) in [6.45, 7) is 0. The molecule has 0 bridgehead atoms. The number of hydrogen-bond donors (Lipinski definition) is 3. The fourth-order valence-corrected chi connectivity index (χ4v) is 2.65. The van der Waals surface area contributed by atoms with Crippen LogP contribution < -0.4 is 10.9 Å². The van der Waals surface area contributed by atoms with Crippen molar-refractivity contribution in [2.24, 2.45) is 0 Å². The maximum Gasteiger partial charge on any atom is 0.269 e. The van der Waals surface area contributed by atoms with E-state index in [9.17, 15) is 14.0 Å². The first-order valence-electron chi connectivity index (χ1n) is 7.04. The Morgan fingerprint density at radius 3 is 2.58 bits per heavy atom. The number of benzene rings is 2. The minimum atomic E-state index is -0.517. The standard InChI is InChI=1S/C16H13FN4O2S/c17-11-7-5-10(6-8-11)15(23)21-20-14(22)9-24-16-18-12-3-1-2-4-13(12)19-16/h1-8H,9H2,(H,18,19)(H,20,22)(H,21,23). The fraction of sp³-hybridized carbons (Fsp3) is 0.0625. The normalized spacial score (nSPS) is 10.5. The Bertz CT molecular complexity index is 846. The maximum atomic E-state index is 12.8. The molecule has 0 radical (unpaired) electrons. The molecule has 0 spiro atoms. The van der Waals surface area contributed by atoms with Crippen molar-refractivity contribution in [1.29, 1.82) is 0 Å². The number of hydrazine groups is 1. The third-order valence-corrected chi connectivity index (χ3v) is 4.00.